The first-order valence-corrected chi connectivity index (χ1v) is 8.15. The highest BCUT2D eigenvalue weighted by Gasteiger charge is 2.15. The summed E-state index contributed by atoms with van der Waals surface area (Å²) in [5.74, 6) is -0.165. The summed E-state index contributed by atoms with van der Waals surface area (Å²) in [5.41, 5.74) is 0. The monoisotopic (exact) mass is 325 g/mol. The van der Waals surface area contributed by atoms with Gasteiger partial charge < -0.3 is 4.90 Å². The Kier molecular flexibility index (Phi) is 4.52. The van der Waals surface area contributed by atoms with Crippen LogP contribution in [0.4, 0.5) is 0 Å². The van der Waals surface area contributed by atoms with Crippen LogP contribution in [-0.4, -0.2) is 44.8 Å². The van der Waals surface area contributed by atoms with Gasteiger partial charge in [-0.05, 0) is 28.1 Å². The molecule has 1 rings (SSSR count). The van der Waals surface area contributed by atoms with E-state index in [9.17, 15) is 13.2 Å². The standard InChI is InChI=1S/C9H12BrNO3S2/c1-11(5-6-16(2,13)14)9(12)7-3-4-8(10)15-7/h3-4H,5-6H2,1-2H3. The summed E-state index contributed by atoms with van der Waals surface area (Å²) in [6.07, 6.45) is 1.16. The summed E-state index contributed by atoms with van der Waals surface area (Å²) in [4.78, 5) is 13.8. The summed E-state index contributed by atoms with van der Waals surface area (Å²) in [5, 5.41) is 0. The Morgan fingerprint density at radius 3 is 2.56 bits per heavy atom. The van der Waals surface area contributed by atoms with Crippen molar-refractivity contribution >= 4 is 43.0 Å². The molecule has 1 heterocycles. The average molecular weight is 326 g/mol. The third-order valence-electron chi connectivity index (χ3n) is 1.93. The fourth-order valence-electron chi connectivity index (χ4n) is 1.02. The third kappa shape index (κ3) is 4.23. The zero-order valence-electron chi connectivity index (χ0n) is 8.94. The van der Waals surface area contributed by atoms with Crippen LogP contribution >= 0.6 is 27.3 Å². The Bertz CT molecular complexity index is 481. The molecule has 0 aromatic carbocycles. The highest BCUT2D eigenvalue weighted by atomic mass is 79.9. The highest BCUT2D eigenvalue weighted by molar-refractivity contribution is 9.11. The number of rotatable bonds is 4. The number of hydrogen-bond donors (Lipinski definition) is 0. The first kappa shape index (κ1) is 13.7. The van der Waals surface area contributed by atoms with Gasteiger partial charge in [0.05, 0.1) is 14.4 Å². The molecular weight excluding hydrogens is 314 g/mol. The van der Waals surface area contributed by atoms with Crippen LogP contribution in [0.15, 0.2) is 15.9 Å². The minimum atomic E-state index is -3.03. The number of thiophene rings is 1. The van der Waals surface area contributed by atoms with E-state index in [-0.39, 0.29) is 18.2 Å². The molecule has 4 nitrogen and oxygen atoms in total. The predicted molar refractivity (Wildman–Crippen MR) is 68.7 cm³/mol. The van der Waals surface area contributed by atoms with Gasteiger partial charge in [-0.1, -0.05) is 0 Å². The predicted octanol–water partition coefficient (Wildman–Crippen LogP) is 1.63. The highest BCUT2D eigenvalue weighted by Crippen LogP contribution is 2.22. The van der Waals surface area contributed by atoms with E-state index in [1.54, 1.807) is 19.2 Å². The minimum Gasteiger partial charge on any atom is -0.340 e. The third-order valence-corrected chi connectivity index (χ3v) is 4.46. The molecule has 16 heavy (non-hydrogen) atoms. The molecule has 1 amide bonds. The summed E-state index contributed by atoms with van der Waals surface area (Å²) in [6, 6.07) is 3.51. The van der Waals surface area contributed by atoms with E-state index >= 15 is 0 Å². The normalized spacial score (nSPS) is 11.4. The van der Waals surface area contributed by atoms with Gasteiger partial charge in [-0.15, -0.1) is 11.3 Å². The van der Waals surface area contributed by atoms with Crippen LogP contribution in [0, 0.1) is 0 Å². The molecule has 0 N–H and O–H groups in total. The van der Waals surface area contributed by atoms with Gasteiger partial charge in [0.2, 0.25) is 0 Å². The van der Waals surface area contributed by atoms with Crippen molar-refractivity contribution in [2.75, 3.05) is 25.6 Å². The number of nitrogens with zero attached hydrogens (tertiary/aromatic N) is 1. The van der Waals surface area contributed by atoms with Gasteiger partial charge in [-0.25, -0.2) is 8.42 Å². The van der Waals surface area contributed by atoms with Crippen molar-refractivity contribution in [3.8, 4) is 0 Å². The molecular formula is C9H12BrNO3S2. The van der Waals surface area contributed by atoms with E-state index in [0.717, 1.165) is 10.0 Å². The van der Waals surface area contributed by atoms with Crippen molar-refractivity contribution in [3.05, 3.63) is 20.8 Å². The van der Waals surface area contributed by atoms with E-state index in [1.165, 1.54) is 16.2 Å². The SMILES string of the molecule is CN(CCS(C)(=O)=O)C(=O)c1ccc(Br)s1. The lowest BCUT2D eigenvalue weighted by molar-refractivity contribution is 0.0808. The van der Waals surface area contributed by atoms with Crippen LogP contribution in [0.25, 0.3) is 0 Å². The maximum absolute atomic E-state index is 11.8. The first-order chi connectivity index (χ1) is 7.29. The minimum absolute atomic E-state index is 0.0121. The van der Waals surface area contributed by atoms with Crippen molar-refractivity contribution in [2.45, 2.75) is 0 Å². The van der Waals surface area contributed by atoms with Crippen molar-refractivity contribution in [1.29, 1.82) is 0 Å². The van der Waals surface area contributed by atoms with Crippen LogP contribution < -0.4 is 0 Å². The zero-order valence-corrected chi connectivity index (χ0v) is 12.2. The van der Waals surface area contributed by atoms with E-state index in [1.807, 2.05) is 0 Å². The Morgan fingerprint density at radius 1 is 1.50 bits per heavy atom. The number of sulfone groups is 1. The lowest BCUT2D eigenvalue weighted by atomic mass is 10.4. The quantitative estimate of drug-likeness (QED) is 0.845. The Balaban J connectivity index is 2.61. The zero-order chi connectivity index (χ0) is 12.3. The van der Waals surface area contributed by atoms with Gasteiger partial charge >= 0.3 is 0 Å². The summed E-state index contributed by atoms with van der Waals surface area (Å²) in [7, 11) is -1.43. The van der Waals surface area contributed by atoms with Crippen LogP contribution in [0.1, 0.15) is 9.67 Å². The maximum atomic E-state index is 11.8. The second-order valence-electron chi connectivity index (χ2n) is 3.46. The number of hydrogen-bond acceptors (Lipinski definition) is 4. The van der Waals surface area contributed by atoms with Gasteiger partial charge in [-0.2, -0.15) is 0 Å². The molecule has 0 radical (unpaired) electrons. The van der Waals surface area contributed by atoms with E-state index in [4.69, 9.17) is 0 Å². The molecule has 0 bridgehead atoms. The molecule has 0 aliphatic heterocycles. The Hall–Kier alpha value is -0.400. The summed E-state index contributed by atoms with van der Waals surface area (Å²) < 4.78 is 22.8. The van der Waals surface area contributed by atoms with Crippen LogP contribution in [0.5, 0.6) is 0 Å². The number of carbonyl (C=O) groups is 1. The molecule has 1 aromatic heterocycles. The first-order valence-electron chi connectivity index (χ1n) is 4.48. The largest absolute Gasteiger partial charge is 0.340 e. The number of amides is 1. The van der Waals surface area contributed by atoms with E-state index in [0.29, 0.717) is 4.88 Å². The molecule has 0 unspecified atom stereocenters. The van der Waals surface area contributed by atoms with E-state index < -0.39 is 9.84 Å². The fourth-order valence-corrected chi connectivity index (χ4v) is 3.01. The van der Waals surface area contributed by atoms with Crippen LogP contribution in [0.3, 0.4) is 0 Å². The average Bonchev–Trinajstić information content (AvgIpc) is 2.59. The molecule has 0 aliphatic rings. The topological polar surface area (TPSA) is 54.5 Å². The van der Waals surface area contributed by atoms with Gasteiger partial charge in [0, 0.05) is 19.8 Å². The second kappa shape index (κ2) is 5.29. The van der Waals surface area contributed by atoms with Gasteiger partial charge in [0.1, 0.15) is 9.84 Å². The molecule has 0 spiro atoms. The van der Waals surface area contributed by atoms with Crippen molar-refractivity contribution < 1.29 is 13.2 Å². The Morgan fingerprint density at radius 2 is 2.12 bits per heavy atom. The number of halogens is 1. The molecule has 0 fully saturated rings. The molecule has 90 valence electrons. The fraction of sp³-hybridized carbons (Fsp3) is 0.444. The molecule has 0 saturated carbocycles. The van der Waals surface area contributed by atoms with Crippen molar-refractivity contribution in [1.82, 2.24) is 4.90 Å². The molecule has 0 saturated heterocycles. The lowest BCUT2D eigenvalue weighted by Gasteiger charge is -2.15. The summed E-state index contributed by atoms with van der Waals surface area (Å²) >= 11 is 4.61. The molecule has 0 aliphatic carbocycles. The van der Waals surface area contributed by atoms with Crippen molar-refractivity contribution in [3.63, 3.8) is 0 Å². The number of carbonyl (C=O) groups excluding carboxylic acids is 1. The van der Waals surface area contributed by atoms with Gasteiger partial charge in [0.15, 0.2) is 0 Å². The van der Waals surface area contributed by atoms with Crippen LogP contribution in [-0.2, 0) is 9.84 Å². The van der Waals surface area contributed by atoms with Gasteiger partial charge in [0.25, 0.3) is 5.91 Å². The maximum Gasteiger partial charge on any atom is 0.263 e. The molecule has 7 heteroatoms. The Labute approximate surface area is 107 Å². The summed E-state index contributed by atoms with van der Waals surface area (Å²) in [6.45, 7) is 0.215. The van der Waals surface area contributed by atoms with Crippen LogP contribution in [0.2, 0.25) is 0 Å². The van der Waals surface area contributed by atoms with Crippen molar-refractivity contribution in [2.24, 2.45) is 0 Å². The molecule has 0 atom stereocenters. The lowest BCUT2D eigenvalue weighted by Crippen LogP contribution is -2.30. The smallest absolute Gasteiger partial charge is 0.263 e. The molecule has 1 aromatic rings. The van der Waals surface area contributed by atoms with E-state index in [2.05, 4.69) is 15.9 Å². The van der Waals surface area contributed by atoms with Gasteiger partial charge in [-0.3, -0.25) is 4.79 Å². The second-order valence-corrected chi connectivity index (χ2v) is 8.18.